The fourth-order valence-electron chi connectivity index (χ4n) is 2.39. The largest absolute Gasteiger partial charge is 0.374 e. The van der Waals surface area contributed by atoms with Crippen LogP contribution < -0.4 is 10.2 Å². The number of benzene rings is 1. The summed E-state index contributed by atoms with van der Waals surface area (Å²) in [6.45, 7) is 4.43. The summed E-state index contributed by atoms with van der Waals surface area (Å²) in [7, 11) is 2.17. The van der Waals surface area contributed by atoms with Crippen LogP contribution in [-0.4, -0.2) is 26.2 Å². The highest BCUT2D eigenvalue weighted by Gasteiger charge is 2.15. The Morgan fingerprint density at radius 2 is 2.29 bits per heavy atom. The molecule has 1 heterocycles. The molecule has 0 bridgehead atoms. The van der Waals surface area contributed by atoms with Gasteiger partial charge in [-0.1, -0.05) is 6.07 Å². The minimum absolute atomic E-state index is 0.724. The number of nitrogens with zero attached hydrogens (tertiary/aromatic N) is 1. The van der Waals surface area contributed by atoms with Gasteiger partial charge in [0.2, 0.25) is 0 Å². The maximum atomic E-state index is 3.64. The molecule has 0 aromatic heterocycles. The first kappa shape index (κ1) is 12.9. The molecule has 1 atom stereocenters. The second-order valence-corrected chi connectivity index (χ2v) is 5.81. The molecule has 1 aliphatic rings. The molecule has 1 aliphatic heterocycles. The standard InChI is InChI=1S/C14H21BrN2/c1-11-5-6-14(13(15)10-11)17(2)9-7-12-4-3-8-16-12/h5-6,10,12,16H,3-4,7-9H2,1-2H3. The van der Waals surface area contributed by atoms with E-state index in [4.69, 9.17) is 0 Å². The first-order valence-corrected chi connectivity index (χ1v) is 7.17. The Balaban J connectivity index is 1.91. The van der Waals surface area contributed by atoms with Gasteiger partial charge in [0.05, 0.1) is 5.69 Å². The predicted octanol–water partition coefficient (Wildman–Crippen LogP) is 3.34. The quantitative estimate of drug-likeness (QED) is 0.917. The van der Waals surface area contributed by atoms with Crippen molar-refractivity contribution < 1.29 is 0 Å². The maximum absolute atomic E-state index is 3.64. The van der Waals surface area contributed by atoms with Gasteiger partial charge in [0.1, 0.15) is 0 Å². The Hall–Kier alpha value is -0.540. The maximum Gasteiger partial charge on any atom is 0.0508 e. The smallest absolute Gasteiger partial charge is 0.0508 e. The van der Waals surface area contributed by atoms with Crippen LogP contribution >= 0.6 is 15.9 Å². The zero-order chi connectivity index (χ0) is 12.3. The third kappa shape index (κ3) is 3.46. The Bertz CT molecular complexity index is 372. The molecule has 0 saturated carbocycles. The van der Waals surface area contributed by atoms with E-state index in [-0.39, 0.29) is 0 Å². The summed E-state index contributed by atoms with van der Waals surface area (Å²) in [5.41, 5.74) is 2.58. The van der Waals surface area contributed by atoms with Gasteiger partial charge in [0.25, 0.3) is 0 Å². The molecular weight excluding hydrogens is 276 g/mol. The topological polar surface area (TPSA) is 15.3 Å². The highest BCUT2D eigenvalue weighted by molar-refractivity contribution is 9.10. The van der Waals surface area contributed by atoms with Crippen molar-refractivity contribution >= 4 is 21.6 Å². The Morgan fingerprint density at radius 3 is 2.94 bits per heavy atom. The highest BCUT2D eigenvalue weighted by atomic mass is 79.9. The molecule has 94 valence electrons. The third-order valence-electron chi connectivity index (χ3n) is 3.49. The Kier molecular flexibility index (Phi) is 4.46. The lowest BCUT2D eigenvalue weighted by Gasteiger charge is -2.22. The van der Waals surface area contributed by atoms with E-state index in [2.05, 4.69) is 58.3 Å². The second-order valence-electron chi connectivity index (χ2n) is 4.96. The summed E-state index contributed by atoms with van der Waals surface area (Å²) in [6.07, 6.45) is 3.91. The van der Waals surface area contributed by atoms with E-state index in [0.717, 1.165) is 12.6 Å². The lowest BCUT2D eigenvalue weighted by atomic mass is 10.1. The molecule has 0 aliphatic carbocycles. The summed E-state index contributed by atoms with van der Waals surface area (Å²) in [5, 5.41) is 3.55. The summed E-state index contributed by atoms with van der Waals surface area (Å²) >= 11 is 3.64. The Morgan fingerprint density at radius 1 is 1.47 bits per heavy atom. The van der Waals surface area contributed by atoms with Gasteiger partial charge in [0.15, 0.2) is 0 Å². The number of halogens is 1. The molecule has 2 nitrogen and oxygen atoms in total. The normalized spacial score (nSPS) is 19.6. The molecule has 2 rings (SSSR count). The minimum atomic E-state index is 0.724. The van der Waals surface area contributed by atoms with Gasteiger partial charge >= 0.3 is 0 Å². The van der Waals surface area contributed by atoms with E-state index in [1.165, 1.54) is 41.5 Å². The van der Waals surface area contributed by atoms with Crippen LogP contribution in [0.15, 0.2) is 22.7 Å². The van der Waals surface area contributed by atoms with Crippen LogP contribution in [0.2, 0.25) is 0 Å². The molecule has 0 spiro atoms. The van der Waals surface area contributed by atoms with E-state index < -0.39 is 0 Å². The van der Waals surface area contributed by atoms with Gasteiger partial charge in [-0.3, -0.25) is 0 Å². The number of hydrogen-bond acceptors (Lipinski definition) is 2. The van der Waals surface area contributed by atoms with Crippen molar-refractivity contribution in [2.45, 2.75) is 32.2 Å². The van der Waals surface area contributed by atoms with Crippen LogP contribution in [0.3, 0.4) is 0 Å². The lowest BCUT2D eigenvalue weighted by Crippen LogP contribution is -2.28. The van der Waals surface area contributed by atoms with Gasteiger partial charge < -0.3 is 10.2 Å². The zero-order valence-electron chi connectivity index (χ0n) is 10.7. The summed E-state index contributed by atoms with van der Waals surface area (Å²) in [5.74, 6) is 0. The van der Waals surface area contributed by atoms with E-state index in [9.17, 15) is 0 Å². The average molecular weight is 297 g/mol. The molecule has 1 N–H and O–H groups in total. The molecule has 17 heavy (non-hydrogen) atoms. The van der Waals surface area contributed by atoms with Crippen LogP contribution in [0, 0.1) is 6.92 Å². The van der Waals surface area contributed by atoms with E-state index in [0.29, 0.717) is 0 Å². The van der Waals surface area contributed by atoms with Crippen molar-refractivity contribution in [3.05, 3.63) is 28.2 Å². The molecule has 0 radical (unpaired) electrons. The van der Waals surface area contributed by atoms with Crippen molar-refractivity contribution in [2.75, 3.05) is 25.0 Å². The molecule has 1 saturated heterocycles. The van der Waals surface area contributed by atoms with Crippen molar-refractivity contribution in [1.82, 2.24) is 5.32 Å². The summed E-state index contributed by atoms with van der Waals surface area (Å²) in [4.78, 5) is 2.34. The van der Waals surface area contributed by atoms with E-state index in [1.54, 1.807) is 0 Å². The zero-order valence-corrected chi connectivity index (χ0v) is 12.3. The van der Waals surface area contributed by atoms with E-state index >= 15 is 0 Å². The number of aryl methyl sites for hydroxylation is 1. The number of rotatable bonds is 4. The number of nitrogens with one attached hydrogen (secondary N) is 1. The van der Waals surface area contributed by atoms with Gasteiger partial charge in [-0.2, -0.15) is 0 Å². The van der Waals surface area contributed by atoms with Crippen LogP contribution in [0.4, 0.5) is 5.69 Å². The monoisotopic (exact) mass is 296 g/mol. The van der Waals surface area contributed by atoms with Crippen molar-refractivity contribution in [1.29, 1.82) is 0 Å². The van der Waals surface area contributed by atoms with E-state index in [1.807, 2.05) is 0 Å². The minimum Gasteiger partial charge on any atom is -0.374 e. The Labute approximate surface area is 113 Å². The van der Waals surface area contributed by atoms with Crippen LogP contribution in [0.25, 0.3) is 0 Å². The average Bonchev–Trinajstić information content (AvgIpc) is 2.78. The van der Waals surface area contributed by atoms with Crippen LogP contribution in [-0.2, 0) is 0 Å². The van der Waals surface area contributed by atoms with Crippen molar-refractivity contribution in [3.8, 4) is 0 Å². The molecule has 1 fully saturated rings. The van der Waals surface area contributed by atoms with Gasteiger partial charge in [-0.05, 0) is 66.4 Å². The SMILES string of the molecule is Cc1ccc(N(C)CCC2CCCN2)c(Br)c1. The van der Waals surface area contributed by atoms with Gasteiger partial charge in [-0.15, -0.1) is 0 Å². The van der Waals surface area contributed by atoms with Crippen LogP contribution in [0.5, 0.6) is 0 Å². The molecular formula is C14H21BrN2. The fraction of sp³-hybridized carbons (Fsp3) is 0.571. The van der Waals surface area contributed by atoms with Crippen molar-refractivity contribution in [3.63, 3.8) is 0 Å². The molecule has 0 amide bonds. The number of hydrogen-bond donors (Lipinski definition) is 1. The predicted molar refractivity (Wildman–Crippen MR) is 77.8 cm³/mol. The first-order chi connectivity index (χ1) is 8.16. The van der Waals surface area contributed by atoms with Crippen molar-refractivity contribution in [2.24, 2.45) is 0 Å². The molecule has 1 unspecified atom stereocenters. The van der Waals surface area contributed by atoms with Crippen LogP contribution in [0.1, 0.15) is 24.8 Å². The lowest BCUT2D eigenvalue weighted by molar-refractivity contribution is 0.559. The summed E-state index contributed by atoms with van der Waals surface area (Å²) < 4.78 is 1.19. The highest BCUT2D eigenvalue weighted by Crippen LogP contribution is 2.26. The molecule has 3 heteroatoms. The van der Waals surface area contributed by atoms with Gasteiger partial charge in [-0.25, -0.2) is 0 Å². The second kappa shape index (κ2) is 5.87. The van der Waals surface area contributed by atoms with Gasteiger partial charge in [0, 0.05) is 24.1 Å². The fourth-order valence-corrected chi connectivity index (χ4v) is 3.19. The summed E-state index contributed by atoms with van der Waals surface area (Å²) in [6, 6.07) is 7.27. The molecule has 1 aromatic rings. The number of anilines is 1. The third-order valence-corrected chi connectivity index (χ3v) is 4.12. The molecule has 1 aromatic carbocycles. The first-order valence-electron chi connectivity index (χ1n) is 6.37.